The van der Waals surface area contributed by atoms with Crippen LogP contribution in [0.5, 0.6) is 5.75 Å². The van der Waals surface area contributed by atoms with E-state index in [1.165, 1.54) is 0 Å². The molecule has 0 bridgehead atoms. The van der Waals surface area contributed by atoms with Gasteiger partial charge in [0.1, 0.15) is 15.6 Å². The molecule has 0 unspecified atom stereocenters. The van der Waals surface area contributed by atoms with Crippen LogP contribution in [0.15, 0.2) is 24.3 Å². The lowest BCUT2D eigenvalue weighted by atomic mass is 10.1. The molecular formula is C22H27NO6S. The molecule has 2 rings (SSSR count). The zero-order valence-electron chi connectivity index (χ0n) is 17.9. The first-order valence-electron chi connectivity index (χ1n) is 9.80. The van der Waals surface area contributed by atoms with Crippen molar-refractivity contribution in [1.29, 1.82) is 0 Å². The Labute approximate surface area is 180 Å². The van der Waals surface area contributed by atoms with Gasteiger partial charge in [0.25, 0.3) is 5.91 Å². The van der Waals surface area contributed by atoms with Gasteiger partial charge in [0.2, 0.25) is 0 Å². The van der Waals surface area contributed by atoms with E-state index in [-0.39, 0.29) is 28.7 Å². The Morgan fingerprint density at radius 2 is 1.73 bits per heavy atom. The summed E-state index contributed by atoms with van der Waals surface area (Å²) in [5, 5.41) is 2.97. The SMILES string of the molecule is CCOC(=O)c1sc(NC(=O)c2cccc(OCC(C)C)c2)c(C(=O)OCC)c1C. The van der Waals surface area contributed by atoms with Crippen LogP contribution in [-0.2, 0) is 9.47 Å². The number of carbonyl (C=O) groups excluding carboxylic acids is 3. The molecule has 0 saturated heterocycles. The van der Waals surface area contributed by atoms with Gasteiger partial charge in [-0.1, -0.05) is 19.9 Å². The molecular weight excluding hydrogens is 406 g/mol. The summed E-state index contributed by atoms with van der Waals surface area (Å²) in [7, 11) is 0. The van der Waals surface area contributed by atoms with Gasteiger partial charge in [-0.2, -0.15) is 0 Å². The Kier molecular flexibility index (Phi) is 8.41. The van der Waals surface area contributed by atoms with Gasteiger partial charge in [0, 0.05) is 5.56 Å². The van der Waals surface area contributed by atoms with E-state index in [2.05, 4.69) is 5.32 Å². The molecule has 1 aromatic carbocycles. The van der Waals surface area contributed by atoms with Crippen LogP contribution in [0.1, 0.15) is 63.6 Å². The first-order valence-corrected chi connectivity index (χ1v) is 10.6. The number of rotatable bonds is 9. The Morgan fingerprint density at radius 1 is 1.07 bits per heavy atom. The zero-order valence-corrected chi connectivity index (χ0v) is 18.7. The van der Waals surface area contributed by atoms with Crippen molar-refractivity contribution in [3.63, 3.8) is 0 Å². The van der Waals surface area contributed by atoms with Crippen molar-refractivity contribution in [2.75, 3.05) is 25.1 Å². The third kappa shape index (κ3) is 5.82. The third-order valence-corrected chi connectivity index (χ3v) is 5.18. The number of nitrogens with one attached hydrogen (secondary N) is 1. The summed E-state index contributed by atoms with van der Waals surface area (Å²) in [4.78, 5) is 37.8. The third-order valence-electron chi connectivity index (χ3n) is 3.99. The number of carbonyl (C=O) groups is 3. The summed E-state index contributed by atoms with van der Waals surface area (Å²) in [5.41, 5.74) is 0.946. The van der Waals surface area contributed by atoms with E-state index < -0.39 is 17.8 Å². The average molecular weight is 434 g/mol. The Balaban J connectivity index is 2.33. The zero-order chi connectivity index (χ0) is 22.3. The van der Waals surface area contributed by atoms with Gasteiger partial charge in [0.05, 0.1) is 25.4 Å². The lowest BCUT2D eigenvalue weighted by molar-refractivity contribution is 0.0527. The first kappa shape index (κ1) is 23.4. The number of hydrogen-bond acceptors (Lipinski definition) is 7. The van der Waals surface area contributed by atoms with E-state index in [1.54, 1.807) is 45.0 Å². The van der Waals surface area contributed by atoms with Gasteiger partial charge < -0.3 is 19.5 Å². The number of hydrogen-bond donors (Lipinski definition) is 1. The van der Waals surface area contributed by atoms with Gasteiger partial charge >= 0.3 is 11.9 Å². The Bertz CT molecular complexity index is 918. The van der Waals surface area contributed by atoms with Gasteiger partial charge in [-0.15, -0.1) is 11.3 Å². The van der Waals surface area contributed by atoms with Crippen LogP contribution in [0.2, 0.25) is 0 Å². The molecule has 0 fully saturated rings. The molecule has 2 aromatic rings. The molecule has 0 spiro atoms. The molecule has 0 atom stereocenters. The van der Waals surface area contributed by atoms with Crippen LogP contribution in [-0.4, -0.2) is 37.7 Å². The topological polar surface area (TPSA) is 90.9 Å². The molecule has 1 heterocycles. The van der Waals surface area contributed by atoms with Gasteiger partial charge in [-0.25, -0.2) is 9.59 Å². The van der Waals surface area contributed by atoms with Gasteiger partial charge in [-0.3, -0.25) is 4.79 Å². The molecule has 7 nitrogen and oxygen atoms in total. The van der Waals surface area contributed by atoms with Crippen LogP contribution in [0.3, 0.4) is 0 Å². The molecule has 0 aliphatic carbocycles. The van der Waals surface area contributed by atoms with Crippen molar-refractivity contribution >= 4 is 34.2 Å². The lowest BCUT2D eigenvalue weighted by Crippen LogP contribution is -2.15. The van der Waals surface area contributed by atoms with E-state index in [1.807, 2.05) is 13.8 Å². The van der Waals surface area contributed by atoms with Crippen molar-refractivity contribution in [2.24, 2.45) is 5.92 Å². The second-order valence-corrected chi connectivity index (χ2v) is 7.91. The number of thiophene rings is 1. The first-order chi connectivity index (χ1) is 14.3. The average Bonchev–Trinajstić information content (AvgIpc) is 3.03. The molecule has 1 aromatic heterocycles. The summed E-state index contributed by atoms with van der Waals surface area (Å²) in [5.74, 6) is -0.644. The highest BCUT2D eigenvalue weighted by atomic mass is 32.1. The number of ether oxygens (including phenoxy) is 3. The summed E-state index contributed by atoms with van der Waals surface area (Å²) < 4.78 is 15.8. The number of anilines is 1. The largest absolute Gasteiger partial charge is 0.493 e. The van der Waals surface area contributed by atoms with Crippen LogP contribution in [0, 0.1) is 12.8 Å². The highest BCUT2D eigenvalue weighted by molar-refractivity contribution is 7.18. The quantitative estimate of drug-likeness (QED) is 0.577. The van der Waals surface area contributed by atoms with Crippen molar-refractivity contribution in [1.82, 2.24) is 0 Å². The molecule has 0 aliphatic rings. The molecule has 162 valence electrons. The van der Waals surface area contributed by atoms with Crippen molar-refractivity contribution in [2.45, 2.75) is 34.6 Å². The maximum atomic E-state index is 12.8. The summed E-state index contributed by atoms with van der Waals surface area (Å²) in [6.07, 6.45) is 0. The number of amides is 1. The maximum Gasteiger partial charge on any atom is 0.348 e. The molecule has 0 saturated carbocycles. The van der Waals surface area contributed by atoms with Crippen LogP contribution in [0.4, 0.5) is 5.00 Å². The monoisotopic (exact) mass is 433 g/mol. The van der Waals surface area contributed by atoms with Crippen molar-refractivity contribution < 1.29 is 28.6 Å². The van der Waals surface area contributed by atoms with Crippen LogP contribution >= 0.6 is 11.3 Å². The minimum absolute atomic E-state index is 0.158. The van der Waals surface area contributed by atoms with Crippen molar-refractivity contribution in [3.05, 3.63) is 45.8 Å². The van der Waals surface area contributed by atoms with E-state index >= 15 is 0 Å². The fourth-order valence-corrected chi connectivity index (χ4v) is 3.69. The van der Waals surface area contributed by atoms with Crippen molar-refractivity contribution in [3.8, 4) is 5.75 Å². The van der Waals surface area contributed by atoms with E-state index in [0.29, 0.717) is 29.4 Å². The Hall–Kier alpha value is -2.87. The molecule has 0 aliphatic heterocycles. The highest BCUT2D eigenvalue weighted by Crippen LogP contribution is 2.34. The summed E-state index contributed by atoms with van der Waals surface area (Å²) in [6.45, 7) is 10.00. The summed E-state index contributed by atoms with van der Waals surface area (Å²) >= 11 is 0.991. The van der Waals surface area contributed by atoms with E-state index in [0.717, 1.165) is 11.3 Å². The molecule has 8 heteroatoms. The molecule has 30 heavy (non-hydrogen) atoms. The lowest BCUT2D eigenvalue weighted by Gasteiger charge is -2.10. The standard InChI is InChI=1S/C22H27NO6S/c1-6-27-21(25)17-14(5)18(22(26)28-7-2)30-20(17)23-19(24)15-9-8-10-16(11-15)29-12-13(3)4/h8-11,13H,6-7,12H2,1-5H3,(H,23,24). The number of esters is 2. The fourth-order valence-electron chi connectivity index (χ4n) is 2.61. The second kappa shape index (κ2) is 10.8. The maximum absolute atomic E-state index is 12.8. The predicted molar refractivity (Wildman–Crippen MR) is 116 cm³/mol. The minimum Gasteiger partial charge on any atom is -0.493 e. The van der Waals surface area contributed by atoms with Crippen LogP contribution < -0.4 is 10.1 Å². The number of benzene rings is 1. The normalized spacial score (nSPS) is 10.6. The van der Waals surface area contributed by atoms with E-state index in [4.69, 9.17) is 14.2 Å². The second-order valence-electron chi connectivity index (χ2n) is 6.89. The predicted octanol–water partition coefficient (Wildman–Crippen LogP) is 4.70. The summed E-state index contributed by atoms with van der Waals surface area (Å²) in [6, 6.07) is 6.78. The fraction of sp³-hybridized carbons (Fsp3) is 0.409. The Morgan fingerprint density at radius 3 is 2.37 bits per heavy atom. The van der Waals surface area contributed by atoms with Gasteiger partial charge in [-0.05, 0) is 50.5 Å². The van der Waals surface area contributed by atoms with Crippen LogP contribution in [0.25, 0.3) is 0 Å². The highest BCUT2D eigenvalue weighted by Gasteiger charge is 2.27. The molecule has 1 amide bonds. The minimum atomic E-state index is -0.605. The smallest absolute Gasteiger partial charge is 0.348 e. The van der Waals surface area contributed by atoms with Gasteiger partial charge in [0.15, 0.2) is 0 Å². The molecule has 1 N–H and O–H groups in total. The van der Waals surface area contributed by atoms with E-state index in [9.17, 15) is 14.4 Å². The molecule has 0 radical (unpaired) electrons.